The van der Waals surface area contributed by atoms with E-state index >= 15 is 0 Å². The second kappa shape index (κ2) is 10.3. The number of aromatic nitrogens is 2. The number of thiophene rings is 1. The lowest BCUT2D eigenvalue weighted by Gasteiger charge is -2.34. The summed E-state index contributed by atoms with van der Waals surface area (Å²) in [6.45, 7) is 3.67. The highest BCUT2D eigenvalue weighted by atomic mass is 32.2. The summed E-state index contributed by atoms with van der Waals surface area (Å²) >= 11 is 2.92. The van der Waals surface area contributed by atoms with E-state index in [-0.39, 0.29) is 23.8 Å². The number of fused-ring (bicyclic) bond motifs is 1. The first kappa shape index (κ1) is 22.5. The quantitative estimate of drug-likeness (QED) is 0.296. The van der Waals surface area contributed by atoms with Crippen molar-refractivity contribution in [3.63, 3.8) is 0 Å². The lowest BCUT2D eigenvalue weighted by atomic mass is 10.2. The Hall–Kier alpha value is -2.69. The molecule has 10 heteroatoms. The first-order valence-electron chi connectivity index (χ1n) is 10.3. The SMILES string of the molecule is COC(=O)Cn1c(SCC(=O)N2CCN(Cc3cccs3)CC2)nc2ccccc2c1=O. The number of nitrogens with zero attached hydrogens (tertiary/aromatic N) is 4. The van der Waals surface area contributed by atoms with Gasteiger partial charge in [-0.05, 0) is 23.6 Å². The maximum absolute atomic E-state index is 12.9. The minimum absolute atomic E-state index is 0.00204. The summed E-state index contributed by atoms with van der Waals surface area (Å²) in [4.78, 5) is 47.6. The van der Waals surface area contributed by atoms with Gasteiger partial charge < -0.3 is 9.64 Å². The summed E-state index contributed by atoms with van der Waals surface area (Å²) in [5.41, 5.74) is 0.217. The number of hydrogen-bond acceptors (Lipinski definition) is 8. The fourth-order valence-electron chi connectivity index (χ4n) is 3.59. The van der Waals surface area contributed by atoms with Crippen molar-refractivity contribution >= 4 is 45.9 Å². The van der Waals surface area contributed by atoms with Crippen molar-refractivity contribution in [1.29, 1.82) is 0 Å². The van der Waals surface area contributed by atoms with E-state index in [0.717, 1.165) is 19.6 Å². The average Bonchev–Trinajstić information content (AvgIpc) is 3.33. The highest BCUT2D eigenvalue weighted by Gasteiger charge is 2.22. The molecule has 8 nitrogen and oxygen atoms in total. The number of thioether (sulfide) groups is 1. The summed E-state index contributed by atoms with van der Waals surface area (Å²) in [7, 11) is 1.27. The molecular weight excluding hydrogens is 448 g/mol. The highest BCUT2D eigenvalue weighted by Crippen LogP contribution is 2.19. The maximum atomic E-state index is 12.9. The monoisotopic (exact) mass is 472 g/mol. The van der Waals surface area contributed by atoms with Gasteiger partial charge in [0.1, 0.15) is 6.54 Å². The minimum Gasteiger partial charge on any atom is -0.468 e. The first-order chi connectivity index (χ1) is 15.5. The van der Waals surface area contributed by atoms with Crippen LogP contribution in [0.5, 0.6) is 0 Å². The third-order valence-electron chi connectivity index (χ3n) is 5.35. The lowest BCUT2D eigenvalue weighted by Crippen LogP contribution is -2.48. The molecule has 32 heavy (non-hydrogen) atoms. The molecule has 1 saturated heterocycles. The smallest absolute Gasteiger partial charge is 0.325 e. The van der Waals surface area contributed by atoms with Crippen LogP contribution in [0.25, 0.3) is 10.9 Å². The average molecular weight is 473 g/mol. The molecule has 1 amide bonds. The number of benzene rings is 1. The van der Waals surface area contributed by atoms with Gasteiger partial charge in [-0.1, -0.05) is 30.0 Å². The molecule has 0 unspecified atom stereocenters. The molecule has 1 aromatic carbocycles. The number of amides is 1. The fraction of sp³-hybridized carbons (Fsp3) is 0.364. The molecule has 168 valence electrons. The van der Waals surface area contributed by atoms with Crippen LogP contribution in [0, 0.1) is 0 Å². The zero-order chi connectivity index (χ0) is 22.5. The van der Waals surface area contributed by atoms with Gasteiger partial charge in [0.05, 0.1) is 23.8 Å². The second-order valence-electron chi connectivity index (χ2n) is 7.40. The third kappa shape index (κ3) is 5.20. The lowest BCUT2D eigenvalue weighted by molar-refractivity contribution is -0.141. The van der Waals surface area contributed by atoms with Crippen molar-refractivity contribution in [3.05, 3.63) is 57.0 Å². The normalized spacial score (nSPS) is 14.6. The fourth-order valence-corrected chi connectivity index (χ4v) is 5.23. The number of rotatable bonds is 7. The van der Waals surface area contributed by atoms with E-state index < -0.39 is 5.97 Å². The van der Waals surface area contributed by atoms with Gasteiger partial charge in [0.25, 0.3) is 5.56 Å². The summed E-state index contributed by atoms with van der Waals surface area (Å²) in [6, 6.07) is 11.2. The molecule has 1 aliphatic rings. The molecular formula is C22H24N4O4S2. The van der Waals surface area contributed by atoms with Gasteiger partial charge in [-0.25, -0.2) is 4.98 Å². The highest BCUT2D eigenvalue weighted by molar-refractivity contribution is 7.99. The topological polar surface area (TPSA) is 84.7 Å². The molecule has 4 rings (SSSR count). The standard InChI is InChI=1S/C22H24N4O4S2/c1-30-20(28)14-26-21(29)17-6-2-3-7-18(17)23-22(26)32-15-19(27)25-10-8-24(9-11-25)13-16-5-4-12-31-16/h2-7,12H,8-11,13-15H2,1H3. The van der Waals surface area contributed by atoms with Gasteiger partial charge in [0.2, 0.25) is 5.91 Å². The van der Waals surface area contributed by atoms with E-state index in [1.807, 2.05) is 4.90 Å². The zero-order valence-corrected chi connectivity index (χ0v) is 19.4. The van der Waals surface area contributed by atoms with Crippen LogP contribution in [0.15, 0.2) is 51.7 Å². The number of carbonyl (C=O) groups is 2. The van der Waals surface area contributed by atoms with E-state index in [2.05, 4.69) is 27.4 Å². The molecule has 0 saturated carbocycles. The number of methoxy groups -OCH3 is 1. The Morgan fingerprint density at radius 1 is 1.12 bits per heavy atom. The second-order valence-corrected chi connectivity index (χ2v) is 9.38. The Labute approximate surface area is 193 Å². The number of esters is 1. The minimum atomic E-state index is -0.542. The van der Waals surface area contributed by atoms with Gasteiger partial charge in [0, 0.05) is 37.6 Å². The van der Waals surface area contributed by atoms with Crippen molar-refractivity contribution < 1.29 is 14.3 Å². The summed E-state index contributed by atoms with van der Waals surface area (Å²) in [5.74, 6) is -0.395. The van der Waals surface area contributed by atoms with Crippen molar-refractivity contribution in [3.8, 4) is 0 Å². The predicted octanol–water partition coefficient (Wildman–Crippen LogP) is 2.07. The Kier molecular flexibility index (Phi) is 7.23. The Balaban J connectivity index is 1.42. The molecule has 2 aromatic heterocycles. The van der Waals surface area contributed by atoms with Gasteiger partial charge in [-0.2, -0.15) is 0 Å². The number of piperazine rings is 1. The van der Waals surface area contributed by atoms with Crippen molar-refractivity contribution in [1.82, 2.24) is 19.4 Å². The van der Waals surface area contributed by atoms with Crippen LogP contribution in [0.4, 0.5) is 0 Å². The summed E-state index contributed by atoms with van der Waals surface area (Å²) < 4.78 is 6.01. The maximum Gasteiger partial charge on any atom is 0.325 e. The number of para-hydroxylation sites is 1. The Bertz CT molecular complexity index is 1150. The van der Waals surface area contributed by atoms with E-state index in [9.17, 15) is 14.4 Å². The molecule has 0 radical (unpaired) electrons. The van der Waals surface area contributed by atoms with Crippen LogP contribution < -0.4 is 5.56 Å². The van der Waals surface area contributed by atoms with Gasteiger partial charge in [-0.15, -0.1) is 11.3 Å². The van der Waals surface area contributed by atoms with E-state index in [0.29, 0.717) is 29.1 Å². The molecule has 0 spiro atoms. The van der Waals surface area contributed by atoms with Gasteiger partial charge in [-0.3, -0.25) is 23.9 Å². The molecule has 0 N–H and O–H groups in total. The summed E-state index contributed by atoms with van der Waals surface area (Å²) in [6.07, 6.45) is 0. The molecule has 0 aliphatic carbocycles. The summed E-state index contributed by atoms with van der Waals surface area (Å²) in [5, 5.41) is 2.84. The van der Waals surface area contributed by atoms with E-state index in [1.54, 1.807) is 35.6 Å². The van der Waals surface area contributed by atoms with Gasteiger partial charge >= 0.3 is 5.97 Å². The van der Waals surface area contributed by atoms with Crippen LogP contribution in [0.2, 0.25) is 0 Å². The van der Waals surface area contributed by atoms with E-state index in [1.165, 1.54) is 28.3 Å². The molecule has 0 bridgehead atoms. The van der Waals surface area contributed by atoms with Crippen LogP contribution in [-0.2, 0) is 27.4 Å². The Morgan fingerprint density at radius 3 is 2.62 bits per heavy atom. The van der Waals surface area contributed by atoms with Crippen LogP contribution in [0.3, 0.4) is 0 Å². The number of hydrogen-bond donors (Lipinski definition) is 0. The first-order valence-corrected chi connectivity index (χ1v) is 12.1. The van der Waals surface area contributed by atoms with Crippen LogP contribution in [0.1, 0.15) is 4.88 Å². The van der Waals surface area contributed by atoms with Crippen molar-refractivity contribution in [2.45, 2.75) is 18.2 Å². The van der Waals surface area contributed by atoms with Crippen molar-refractivity contribution in [2.75, 3.05) is 39.0 Å². The number of ether oxygens (including phenoxy) is 1. The zero-order valence-electron chi connectivity index (χ0n) is 17.7. The van der Waals surface area contributed by atoms with Crippen molar-refractivity contribution in [2.24, 2.45) is 0 Å². The third-order valence-corrected chi connectivity index (χ3v) is 7.17. The van der Waals surface area contributed by atoms with Crippen LogP contribution >= 0.6 is 23.1 Å². The van der Waals surface area contributed by atoms with Crippen LogP contribution in [-0.4, -0.2) is 70.3 Å². The number of carbonyl (C=O) groups excluding carboxylic acids is 2. The predicted molar refractivity (Wildman–Crippen MR) is 125 cm³/mol. The largest absolute Gasteiger partial charge is 0.468 e. The Morgan fingerprint density at radius 2 is 1.91 bits per heavy atom. The molecule has 3 heterocycles. The van der Waals surface area contributed by atoms with E-state index in [4.69, 9.17) is 4.74 Å². The molecule has 3 aromatic rings. The van der Waals surface area contributed by atoms with Gasteiger partial charge in [0.15, 0.2) is 5.16 Å². The molecule has 1 fully saturated rings. The molecule has 1 aliphatic heterocycles. The molecule has 0 atom stereocenters.